The minimum atomic E-state index is -4.50. The fourth-order valence-corrected chi connectivity index (χ4v) is 2.69. The van der Waals surface area contributed by atoms with Crippen LogP contribution in [0.5, 0.6) is 0 Å². The van der Waals surface area contributed by atoms with Crippen LogP contribution in [0.1, 0.15) is 36.8 Å². The van der Waals surface area contributed by atoms with Crippen molar-refractivity contribution in [1.82, 2.24) is 5.32 Å². The van der Waals surface area contributed by atoms with Crippen LogP contribution in [0.4, 0.5) is 17.6 Å². The van der Waals surface area contributed by atoms with E-state index in [1.165, 1.54) is 0 Å². The lowest BCUT2D eigenvalue weighted by atomic mass is 9.86. The summed E-state index contributed by atoms with van der Waals surface area (Å²) in [5.41, 5.74) is -0.907. The molecule has 1 saturated carbocycles. The Hall–Kier alpha value is -1.63. The highest BCUT2D eigenvalue weighted by Crippen LogP contribution is 2.30. The largest absolute Gasteiger partial charge is 0.481 e. The molecule has 0 aromatic heterocycles. The SMILES string of the molecule is O=C(O)C1CCC(NCc2cc(C(F)(F)F)ccc2F)CC1. The number of benzene rings is 1. The van der Waals surface area contributed by atoms with Crippen molar-refractivity contribution < 1.29 is 27.5 Å². The number of carboxylic acids is 1. The van der Waals surface area contributed by atoms with E-state index in [-0.39, 0.29) is 24.1 Å². The molecule has 1 aromatic carbocycles. The van der Waals surface area contributed by atoms with E-state index in [9.17, 15) is 22.4 Å². The van der Waals surface area contributed by atoms with Gasteiger partial charge < -0.3 is 10.4 Å². The number of halogens is 4. The van der Waals surface area contributed by atoms with Crippen molar-refractivity contribution in [2.24, 2.45) is 5.92 Å². The summed E-state index contributed by atoms with van der Waals surface area (Å²) >= 11 is 0. The van der Waals surface area contributed by atoms with E-state index in [2.05, 4.69) is 5.32 Å². The quantitative estimate of drug-likeness (QED) is 0.834. The number of alkyl halides is 3. The Morgan fingerprint density at radius 3 is 2.41 bits per heavy atom. The van der Waals surface area contributed by atoms with Gasteiger partial charge in [0, 0.05) is 18.2 Å². The lowest BCUT2D eigenvalue weighted by Crippen LogP contribution is -2.34. The van der Waals surface area contributed by atoms with Crippen molar-refractivity contribution in [3.8, 4) is 0 Å². The Kier molecular flexibility index (Phi) is 5.05. The zero-order valence-corrected chi connectivity index (χ0v) is 11.8. The van der Waals surface area contributed by atoms with Gasteiger partial charge in [-0.3, -0.25) is 4.79 Å². The Bertz CT molecular complexity index is 537. The minimum absolute atomic E-state index is 0.00183. The highest BCUT2D eigenvalue weighted by atomic mass is 19.4. The first-order chi connectivity index (χ1) is 10.3. The van der Waals surface area contributed by atoms with Crippen LogP contribution >= 0.6 is 0 Å². The highest BCUT2D eigenvalue weighted by Gasteiger charge is 2.31. The van der Waals surface area contributed by atoms with Crippen LogP contribution in [0, 0.1) is 11.7 Å². The molecule has 0 radical (unpaired) electrons. The molecule has 0 amide bonds. The third-order valence-corrected chi connectivity index (χ3v) is 4.03. The van der Waals surface area contributed by atoms with Crippen molar-refractivity contribution in [2.75, 3.05) is 0 Å². The molecule has 0 aliphatic heterocycles. The molecule has 1 aliphatic rings. The van der Waals surface area contributed by atoms with Crippen LogP contribution in [0.25, 0.3) is 0 Å². The Labute approximate surface area is 125 Å². The summed E-state index contributed by atoms with van der Waals surface area (Å²) in [5, 5.41) is 11.9. The van der Waals surface area contributed by atoms with Gasteiger partial charge in [-0.05, 0) is 43.9 Å². The maximum Gasteiger partial charge on any atom is 0.416 e. The first-order valence-corrected chi connectivity index (χ1v) is 7.09. The van der Waals surface area contributed by atoms with Crippen LogP contribution in [-0.2, 0) is 17.5 Å². The number of hydrogen-bond donors (Lipinski definition) is 2. The normalized spacial score (nSPS) is 22.5. The van der Waals surface area contributed by atoms with E-state index in [0.717, 1.165) is 18.2 Å². The monoisotopic (exact) mass is 319 g/mol. The zero-order valence-electron chi connectivity index (χ0n) is 11.8. The second kappa shape index (κ2) is 6.64. The Morgan fingerprint density at radius 1 is 1.23 bits per heavy atom. The summed E-state index contributed by atoms with van der Waals surface area (Å²) in [5.74, 6) is -1.86. The fraction of sp³-hybridized carbons (Fsp3) is 0.533. The molecule has 7 heteroatoms. The molecule has 1 aliphatic carbocycles. The molecule has 122 valence electrons. The lowest BCUT2D eigenvalue weighted by Gasteiger charge is -2.27. The van der Waals surface area contributed by atoms with Crippen molar-refractivity contribution in [3.05, 3.63) is 35.1 Å². The summed E-state index contributed by atoms with van der Waals surface area (Å²) < 4.78 is 51.4. The van der Waals surface area contributed by atoms with Crippen LogP contribution in [-0.4, -0.2) is 17.1 Å². The van der Waals surface area contributed by atoms with E-state index in [1.54, 1.807) is 0 Å². The molecule has 22 heavy (non-hydrogen) atoms. The minimum Gasteiger partial charge on any atom is -0.481 e. The lowest BCUT2D eigenvalue weighted by molar-refractivity contribution is -0.143. The molecule has 0 heterocycles. The van der Waals surface area contributed by atoms with Crippen molar-refractivity contribution in [2.45, 2.75) is 44.4 Å². The number of hydrogen-bond acceptors (Lipinski definition) is 2. The summed E-state index contributed by atoms with van der Waals surface area (Å²) in [6, 6.07) is 2.35. The third-order valence-electron chi connectivity index (χ3n) is 4.03. The molecule has 1 aromatic rings. The molecule has 0 bridgehead atoms. The standard InChI is InChI=1S/C15H17F4NO2/c16-13-6-3-11(15(17,18)19)7-10(13)8-20-12-4-1-9(2-5-12)14(21)22/h3,6-7,9,12,20H,1-2,4-5,8H2,(H,21,22). The molecule has 0 spiro atoms. The van der Waals surface area contributed by atoms with E-state index in [0.29, 0.717) is 25.7 Å². The van der Waals surface area contributed by atoms with E-state index in [1.807, 2.05) is 0 Å². The fourth-order valence-electron chi connectivity index (χ4n) is 2.69. The molecule has 3 nitrogen and oxygen atoms in total. The number of aliphatic carboxylic acids is 1. The van der Waals surface area contributed by atoms with Gasteiger partial charge in [0.1, 0.15) is 5.82 Å². The van der Waals surface area contributed by atoms with Gasteiger partial charge in [-0.15, -0.1) is 0 Å². The van der Waals surface area contributed by atoms with Gasteiger partial charge in [0.25, 0.3) is 0 Å². The number of carboxylic acid groups (broad SMARTS) is 1. The Balaban J connectivity index is 1.93. The van der Waals surface area contributed by atoms with E-state index in [4.69, 9.17) is 5.11 Å². The summed E-state index contributed by atoms with van der Waals surface area (Å²) in [7, 11) is 0. The predicted molar refractivity (Wildman–Crippen MR) is 71.6 cm³/mol. The maximum atomic E-state index is 13.6. The highest BCUT2D eigenvalue weighted by molar-refractivity contribution is 5.70. The van der Waals surface area contributed by atoms with E-state index < -0.39 is 23.5 Å². The zero-order chi connectivity index (χ0) is 16.3. The molecular weight excluding hydrogens is 302 g/mol. The van der Waals surface area contributed by atoms with Crippen molar-refractivity contribution >= 4 is 5.97 Å². The van der Waals surface area contributed by atoms with Gasteiger partial charge in [-0.2, -0.15) is 13.2 Å². The smallest absolute Gasteiger partial charge is 0.416 e. The van der Waals surface area contributed by atoms with Crippen LogP contribution in [0.2, 0.25) is 0 Å². The Morgan fingerprint density at radius 2 is 1.86 bits per heavy atom. The van der Waals surface area contributed by atoms with Gasteiger partial charge in [0.15, 0.2) is 0 Å². The average molecular weight is 319 g/mol. The van der Waals surface area contributed by atoms with Crippen LogP contribution < -0.4 is 5.32 Å². The van der Waals surface area contributed by atoms with Crippen molar-refractivity contribution in [3.63, 3.8) is 0 Å². The van der Waals surface area contributed by atoms with Gasteiger partial charge in [0.2, 0.25) is 0 Å². The third kappa shape index (κ3) is 4.19. The van der Waals surface area contributed by atoms with E-state index >= 15 is 0 Å². The number of carbonyl (C=O) groups is 1. The number of rotatable bonds is 4. The summed E-state index contributed by atoms with van der Waals surface area (Å²) in [6.07, 6.45) is -2.20. The van der Waals surface area contributed by atoms with Gasteiger partial charge >= 0.3 is 12.1 Å². The topological polar surface area (TPSA) is 49.3 Å². The van der Waals surface area contributed by atoms with Gasteiger partial charge in [-0.1, -0.05) is 0 Å². The van der Waals surface area contributed by atoms with Crippen molar-refractivity contribution in [1.29, 1.82) is 0 Å². The first-order valence-electron chi connectivity index (χ1n) is 7.09. The van der Waals surface area contributed by atoms with Gasteiger partial charge in [-0.25, -0.2) is 4.39 Å². The maximum absolute atomic E-state index is 13.6. The predicted octanol–water partition coefficient (Wildman–Crippen LogP) is 3.58. The molecule has 0 atom stereocenters. The first kappa shape index (κ1) is 16.7. The molecule has 2 rings (SSSR count). The molecule has 0 unspecified atom stereocenters. The average Bonchev–Trinajstić information content (AvgIpc) is 2.45. The molecule has 0 saturated heterocycles. The number of nitrogens with one attached hydrogen (secondary N) is 1. The van der Waals surface area contributed by atoms with Crippen LogP contribution in [0.3, 0.4) is 0 Å². The summed E-state index contributed by atoms with van der Waals surface area (Å²) in [4.78, 5) is 10.8. The molecule has 2 N–H and O–H groups in total. The molecular formula is C15H17F4NO2. The summed E-state index contributed by atoms with van der Waals surface area (Å²) in [6.45, 7) is -0.00183. The molecule has 1 fully saturated rings. The van der Waals surface area contributed by atoms with Gasteiger partial charge in [0.05, 0.1) is 11.5 Å². The van der Waals surface area contributed by atoms with Crippen LogP contribution in [0.15, 0.2) is 18.2 Å². The second-order valence-corrected chi connectivity index (χ2v) is 5.57. The second-order valence-electron chi connectivity index (χ2n) is 5.57.